The van der Waals surface area contributed by atoms with E-state index in [1.165, 1.54) is 31.2 Å². The fourth-order valence-electron chi connectivity index (χ4n) is 3.14. The van der Waals surface area contributed by atoms with Crippen molar-refractivity contribution >= 4 is 46.3 Å². The van der Waals surface area contributed by atoms with Gasteiger partial charge in [0.15, 0.2) is 0 Å². The molecule has 36 heavy (non-hydrogen) atoms. The molecular formula is C24H29N5O7. The van der Waals surface area contributed by atoms with Crippen LogP contribution in [0.5, 0.6) is 0 Å². The van der Waals surface area contributed by atoms with Gasteiger partial charge in [0, 0.05) is 37.8 Å². The molecule has 1 amide bonds. The molecule has 12 nitrogen and oxygen atoms in total. The normalized spacial score (nSPS) is 10.6. The van der Waals surface area contributed by atoms with E-state index >= 15 is 0 Å². The van der Waals surface area contributed by atoms with Gasteiger partial charge in [-0.05, 0) is 44.2 Å². The van der Waals surface area contributed by atoms with Gasteiger partial charge in [0.05, 0.1) is 42.4 Å². The number of ether oxygens (including phenoxy) is 2. The molecule has 0 heterocycles. The smallest absolute Gasteiger partial charge is 0.307 e. The zero-order valence-electron chi connectivity index (χ0n) is 20.4. The van der Waals surface area contributed by atoms with Gasteiger partial charge in [0.1, 0.15) is 5.69 Å². The molecule has 0 aromatic heterocycles. The molecule has 192 valence electrons. The standard InChI is InChI=1S/C24H29N5O7/c1-4-35-23(31)12-14-28(15-13-24(32)36-5-2)20-10-11-21(22(16-20)25-17(3)30)27-26-18-6-8-19(9-7-18)29(33)34/h6-11,16H,4-5,12-15H2,1-3H3,(H,25,30). The minimum atomic E-state index is -0.510. The van der Waals surface area contributed by atoms with Crippen LogP contribution in [0.3, 0.4) is 0 Å². The fraction of sp³-hybridized carbons (Fsp3) is 0.375. The quantitative estimate of drug-likeness (QED) is 0.180. The van der Waals surface area contributed by atoms with Crippen LogP contribution in [0.25, 0.3) is 0 Å². The molecule has 2 aromatic rings. The molecule has 1 N–H and O–H groups in total. The molecule has 2 aromatic carbocycles. The van der Waals surface area contributed by atoms with Crippen LogP contribution in [-0.2, 0) is 23.9 Å². The van der Waals surface area contributed by atoms with Gasteiger partial charge < -0.3 is 19.7 Å². The van der Waals surface area contributed by atoms with Crippen LogP contribution in [-0.4, -0.2) is 49.1 Å². The van der Waals surface area contributed by atoms with E-state index in [1.807, 2.05) is 4.90 Å². The Morgan fingerprint density at radius 2 is 1.53 bits per heavy atom. The Morgan fingerprint density at radius 1 is 0.944 bits per heavy atom. The van der Waals surface area contributed by atoms with Gasteiger partial charge >= 0.3 is 11.9 Å². The summed E-state index contributed by atoms with van der Waals surface area (Å²) in [4.78, 5) is 47.7. The number of nitrogens with zero attached hydrogens (tertiary/aromatic N) is 4. The predicted octanol–water partition coefficient (Wildman–Crippen LogP) is 4.68. The van der Waals surface area contributed by atoms with Crippen LogP contribution in [0.15, 0.2) is 52.7 Å². The van der Waals surface area contributed by atoms with Crippen LogP contribution >= 0.6 is 0 Å². The zero-order chi connectivity index (χ0) is 26.5. The third kappa shape index (κ3) is 9.12. The minimum Gasteiger partial charge on any atom is -0.466 e. The van der Waals surface area contributed by atoms with Gasteiger partial charge in [-0.2, -0.15) is 5.11 Å². The van der Waals surface area contributed by atoms with Crippen molar-refractivity contribution in [2.45, 2.75) is 33.6 Å². The number of carbonyl (C=O) groups is 3. The van der Waals surface area contributed by atoms with Gasteiger partial charge in [0.25, 0.3) is 5.69 Å². The number of benzene rings is 2. The van der Waals surface area contributed by atoms with Crippen molar-refractivity contribution in [3.05, 3.63) is 52.6 Å². The van der Waals surface area contributed by atoms with Crippen LogP contribution < -0.4 is 10.2 Å². The van der Waals surface area contributed by atoms with Crippen molar-refractivity contribution < 1.29 is 28.8 Å². The number of anilines is 2. The lowest BCUT2D eigenvalue weighted by Gasteiger charge is -2.25. The maximum atomic E-state index is 11.9. The average molecular weight is 500 g/mol. The highest BCUT2D eigenvalue weighted by Crippen LogP contribution is 2.32. The molecule has 0 unspecified atom stereocenters. The second-order valence-electron chi connectivity index (χ2n) is 7.45. The number of nitro groups is 1. The van der Waals surface area contributed by atoms with Crippen molar-refractivity contribution in [1.29, 1.82) is 0 Å². The van der Waals surface area contributed by atoms with Crippen molar-refractivity contribution in [2.75, 3.05) is 36.5 Å². The predicted molar refractivity (Wildman–Crippen MR) is 133 cm³/mol. The Labute approximate surface area is 208 Å². The fourth-order valence-corrected chi connectivity index (χ4v) is 3.14. The highest BCUT2D eigenvalue weighted by molar-refractivity contribution is 5.93. The van der Waals surface area contributed by atoms with Crippen LogP contribution in [0.2, 0.25) is 0 Å². The molecule has 0 bridgehead atoms. The van der Waals surface area contributed by atoms with E-state index in [0.29, 0.717) is 22.7 Å². The molecular weight excluding hydrogens is 470 g/mol. The maximum Gasteiger partial charge on any atom is 0.307 e. The Kier molecular flexibility index (Phi) is 11.0. The summed E-state index contributed by atoms with van der Waals surface area (Å²) < 4.78 is 10.0. The summed E-state index contributed by atoms with van der Waals surface area (Å²) in [6, 6.07) is 10.6. The summed E-state index contributed by atoms with van der Waals surface area (Å²) in [5.41, 5.74) is 1.68. The average Bonchev–Trinajstić information content (AvgIpc) is 2.83. The van der Waals surface area contributed by atoms with Crippen LogP contribution in [0, 0.1) is 10.1 Å². The first-order chi connectivity index (χ1) is 17.2. The summed E-state index contributed by atoms with van der Waals surface area (Å²) in [5, 5.41) is 21.8. The number of amides is 1. The summed E-state index contributed by atoms with van der Waals surface area (Å²) in [6.07, 6.45) is 0.210. The molecule has 12 heteroatoms. The lowest BCUT2D eigenvalue weighted by atomic mass is 10.2. The number of rotatable bonds is 13. The van der Waals surface area contributed by atoms with Crippen molar-refractivity contribution in [2.24, 2.45) is 10.2 Å². The first kappa shape index (κ1) is 27.9. The lowest BCUT2D eigenvalue weighted by molar-refractivity contribution is -0.384. The van der Waals surface area contributed by atoms with E-state index < -0.39 is 4.92 Å². The lowest BCUT2D eigenvalue weighted by Crippen LogP contribution is -2.29. The van der Waals surface area contributed by atoms with E-state index in [0.717, 1.165) is 0 Å². The van der Waals surface area contributed by atoms with Crippen molar-refractivity contribution in [3.63, 3.8) is 0 Å². The van der Waals surface area contributed by atoms with Crippen LogP contribution in [0.4, 0.5) is 28.4 Å². The topological polar surface area (TPSA) is 153 Å². The monoisotopic (exact) mass is 499 g/mol. The molecule has 0 aliphatic heterocycles. The molecule has 0 saturated carbocycles. The third-order valence-corrected chi connectivity index (χ3v) is 4.77. The second kappa shape index (κ2) is 14.1. The van der Waals surface area contributed by atoms with Crippen LogP contribution in [0.1, 0.15) is 33.6 Å². The van der Waals surface area contributed by atoms with E-state index in [4.69, 9.17) is 9.47 Å². The molecule has 0 spiro atoms. The first-order valence-electron chi connectivity index (χ1n) is 11.4. The van der Waals surface area contributed by atoms with Crippen molar-refractivity contribution in [1.82, 2.24) is 0 Å². The van der Waals surface area contributed by atoms with Gasteiger partial charge in [-0.15, -0.1) is 5.11 Å². The zero-order valence-corrected chi connectivity index (χ0v) is 20.4. The Hall–Kier alpha value is -4.35. The van der Waals surface area contributed by atoms with E-state index in [-0.39, 0.29) is 62.7 Å². The van der Waals surface area contributed by atoms with E-state index in [2.05, 4.69) is 15.5 Å². The summed E-state index contributed by atoms with van der Waals surface area (Å²) in [7, 11) is 0. The molecule has 0 fully saturated rings. The maximum absolute atomic E-state index is 11.9. The Bertz CT molecular complexity index is 1080. The number of nitrogens with one attached hydrogen (secondary N) is 1. The number of nitro benzene ring substituents is 1. The Balaban J connectivity index is 2.31. The molecule has 0 aliphatic rings. The van der Waals surface area contributed by atoms with Gasteiger partial charge in [-0.25, -0.2) is 0 Å². The number of esters is 2. The Morgan fingerprint density at radius 3 is 2.03 bits per heavy atom. The molecule has 0 atom stereocenters. The molecule has 0 aliphatic carbocycles. The minimum absolute atomic E-state index is 0.0667. The first-order valence-corrected chi connectivity index (χ1v) is 11.4. The number of hydrogen-bond donors (Lipinski definition) is 1. The van der Waals surface area contributed by atoms with Gasteiger partial charge in [-0.1, -0.05) is 0 Å². The van der Waals surface area contributed by atoms with E-state index in [9.17, 15) is 24.5 Å². The van der Waals surface area contributed by atoms with Gasteiger partial charge in [-0.3, -0.25) is 24.5 Å². The molecule has 0 saturated heterocycles. The third-order valence-electron chi connectivity index (χ3n) is 4.77. The largest absolute Gasteiger partial charge is 0.466 e. The van der Waals surface area contributed by atoms with E-state index in [1.54, 1.807) is 32.0 Å². The van der Waals surface area contributed by atoms with Crippen molar-refractivity contribution in [3.8, 4) is 0 Å². The number of carbonyl (C=O) groups excluding carboxylic acids is 3. The highest BCUT2D eigenvalue weighted by Gasteiger charge is 2.15. The molecule has 2 rings (SSSR count). The number of hydrogen-bond acceptors (Lipinski definition) is 10. The summed E-state index contributed by atoms with van der Waals surface area (Å²) in [6.45, 7) is 5.89. The molecule has 0 radical (unpaired) electrons. The summed E-state index contributed by atoms with van der Waals surface area (Å²) >= 11 is 0. The van der Waals surface area contributed by atoms with Gasteiger partial charge in [0.2, 0.25) is 5.91 Å². The highest BCUT2D eigenvalue weighted by atomic mass is 16.6. The summed E-state index contributed by atoms with van der Waals surface area (Å²) in [5.74, 6) is -1.06. The number of non-ortho nitro benzene ring substituents is 1. The number of azo groups is 1. The second-order valence-corrected chi connectivity index (χ2v) is 7.45. The SMILES string of the molecule is CCOC(=O)CCN(CCC(=O)OCC)c1ccc(N=Nc2ccc([N+](=O)[O-])cc2)c(NC(C)=O)c1.